The Hall–Kier alpha value is -1.02. The number of hydrogen-bond acceptors (Lipinski definition) is 1. The molecule has 1 aromatic carbocycles. The molecule has 0 atom stereocenters. The Morgan fingerprint density at radius 1 is 1.50 bits per heavy atom. The second-order valence-corrected chi connectivity index (χ2v) is 2.39. The lowest BCUT2D eigenvalue weighted by atomic mass is 10.3. The van der Waals surface area contributed by atoms with Crippen LogP contribution in [0.4, 0.5) is 0 Å². The summed E-state index contributed by atoms with van der Waals surface area (Å²) in [7, 11) is 0. The molecule has 0 amide bonds. The second kappa shape index (κ2) is 1.99. The molecule has 0 aliphatic heterocycles. The second-order valence-electron chi connectivity index (χ2n) is 1.98. The van der Waals surface area contributed by atoms with Gasteiger partial charge in [0.15, 0.2) is 6.33 Å². The number of fused-ring (bicyclic) bond motifs is 1. The molecule has 1 N–H and O–H groups in total. The summed E-state index contributed by atoms with van der Waals surface area (Å²) in [6.45, 7) is 0. The lowest BCUT2D eigenvalue weighted by Gasteiger charge is -1.88. The van der Waals surface area contributed by atoms with Crippen LogP contribution in [0.25, 0.3) is 11.0 Å². The largest absolute Gasteiger partial charge is 0.335 e. The topological polar surface area (TPSA) is 28.7 Å². The van der Waals surface area contributed by atoms with Crippen molar-refractivity contribution in [3.63, 3.8) is 0 Å². The standard InChI is InChI=1S/C7H4ClN2/c8-5-2-1-3-6-7(5)10-4-9-6/h1-3H,(H,9,10). The van der Waals surface area contributed by atoms with E-state index in [-0.39, 0.29) is 0 Å². The monoisotopic (exact) mass is 151 g/mol. The maximum Gasteiger partial charge on any atom is 0.174 e. The van der Waals surface area contributed by atoms with Crippen molar-refractivity contribution in [1.29, 1.82) is 0 Å². The number of nitrogens with zero attached hydrogens (tertiary/aromatic N) is 1. The van der Waals surface area contributed by atoms with Gasteiger partial charge in [-0.15, -0.1) is 0 Å². The zero-order valence-electron chi connectivity index (χ0n) is 5.06. The number of hydrogen-bond donors (Lipinski definition) is 1. The van der Waals surface area contributed by atoms with Crippen LogP contribution in [-0.4, -0.2) is 9.97 Å². The molecule has 0 aliphatic carbocycles. The Bertz CT molecular complexity index is 353. The highest BCUT2D eigenvalue weighted by Crippen LogP contribution is 2.18. The number of H-pyrrole nitrogens is 1. The fourth-order valence-corrected chi connectivity index (χ4v) is 1.09. The molecule has 2 rings (SSSR count). The number of rotatable bonds is 0. The molecule has 10 heavy (non-hydrogen) atoms. The molecule has 0 saturated heterocycles. The number of nitrogens with one attached hydrogen (secondary N) is 1. The van der Waals surface area contributed by atoms with Gasteiger partial charge < -0.3 is 4.98 Å². The molecule has 49 valence electrons. The van der Waals surface area contributed by atoms with E-state index >= 15 is 0 Å². The number of imidazole rings is 1. The summed E-state index contributed by atoms with van der Waals surface area (Å²) in [5.41, 5.74) is 1.71. The van der Waals surface area contributed by atoms with Gasteiger partial charge in [-0.2, -0.15) is 0 Å². The molecule has 0 saturated carbocycles. The van der Waals surface area contributed by atoms with Crippen LogP contribution in [-0.2, 0) is 0 Å². The molecule has 2 aromatic rings. The Balaban J connectivity index is 2.95. The van der Waals surface area contributed by atoms with Gasteiger partial charge in [0.25, 0.3) is 0 Å². The zero-order valence-corrected chi connectivity index (χ0v) is 5.81. The van der Waals surface area contributed by atoms with Crippen molar-refractivity contribution >= 4 is 22.6 Å². The van der Waals surface area contributed by atoms with Gasteiger partial charge in [0.05, 0.1) is 10.5 Å². The van der Waals surface area contributed by atoms with Gasteiger partial charge in [-0.1, -0.05) is 17.7 Å². The molecule has 0 unspecified atom stereocenters. The third-order valence-corrected chi connectivity index (χ3v) is 1.65. The molecule has 1 aromatic heterocycles. The molecule has 0 bridgehead atoms. The van der Waals surface area contributed by atoms with Crippen LogP contribution in [0.3, 0.4) is 0 Å². The van der Waals surface area contributed by atoms with Crippen molar-refractivity contribution in [2.45, 2.75) is 0 Å². The predicted octanol–water partition coefficient (Wildman–Crippen LogP) is 2.02. The molecule has 1 heterocycles. The Kier molecular flexibility index (Phi) is 1.14. The van der Waals surface area contributed by atoms with E-state index in [0.29, 0.717) is 5.02 Å². The average molecular weight is 152 g/mol. The lowest BCUT2D eigenvalue weighted by Crippen LogP contribution is -1.68. The predicted molar refractivity (Wildman–Crippen MR) is 39.9 cm³/mol. The maximum atomic E-state index is 5.80. The van der Waals surface area contributed by atoms with E-state index in [1.807, 2.05) is 12.1 Å². The number of aromatic nitrogens is 2. The summed E-state index contributed by atoms with van der Waals surface area (Å²) in [5.74, 6) is 0. The number of benzene rings is 1. The molecule has 2 nitrogen and oxygen atoms in total. The fourth-order valence-electron chi connectivity index (χ4n) is 0.874. The Morgan fingerprint density at radius 3 is 3.20 bits per heavy atom. The summed E-state index contributed by atoms with van der Waals surface area (Å²) in [6, 6.07) is 5.58. The Morgan fingerprint density at radius 2 is 2.40 bits per heavy atom. The first-order valence-corrected chi connectivity index (χ1v) is 3.26. The number of aromatic amines is 1. The first-order chi connectivity index (χ1) is 4.88. The molecule has 3 heteroatoms. The van der Waals surface area contributed by atoms with Crippen molar-refractivity contribution in [3.8, 4) is 0 Å². The van der Waals surface area contributed by atoms with Crippen LogP contribution in [0.5, 0.6) is 0 Å². The Labute approximate surface area is 62.8 Å². The highest BCUT2D eigenvalue weighted by molar-refractivity contribution is 6.34. The lowest BCUT2D eigenvalue weighted by molar-refractivity contribution is 1.32. The normalized spacial score (nSPS) is 10.5. The minimum atomic E-state index is 0.662. The van der Waals surface area contributed by atoms with Gasteiger partial charge in [-0.25, -0.2) is 4.98 Å². The van der Waals surface area contributed by atoms with Crippen molar-refractivity contribution in [3.05, 3.63) is 29.5 Å². The summed E-state index contributed by atoms with van der Waals surface area (Å²) < 4.78 is 0. The average Bonchev–Trinajstić information content (AvgIpc) is 2.36. The van der Waals surface area contributed by atoms with Crippen LogP contribution in [0.2, 0.25) is 5.02 Å². The van der Waals surface area contributed by atoms with Gasteiger partial charge >= 0.3 is 0 Å². The van der Waals surface area contributed by atoms with E-state index in [1.165, 1.54) is 0 Å². The third kappa shape index (κ3) is 0.693. The van der Waals surface area contributed by atoms with E-state index in [4.69, 9.17) is 11.6 Å². The van der Waals surface area contributed by atoms with E-state index in [2.05, 4.69) is 16.3 Å². The molecule has 0 aliphatic rings. The van der Waals surface area contributed by atoms with Gasteiger partial charge in [0.1, 0.15) is 5.52 Å². The van der Waals surface area contributed by atoms with Crippen molar-refractivity contribution in [1.82, 2.24) is 9.97 Å². The maximum absolute atomic E-state index is 5.80. The minimum absolute atomic E-state index is 0.662. The minimum Gasteiger partial charge on any atom is -0.335 e. The molecule has 1 radical (unpaired) electrons. The van der Waals surface area contributed by atoms with Gasteiger partial charge in [0.2, 0.25) is 0 Å². The van der Waals surface area contributed by atoms with Gasteiger partial charge in [-0.3, -0.25) is 0 Å². The summed E-state index contributed by atoms with van der Waals surface area (Å²) in [6.07, 6.45) is 2.62. The van der Waals surface area contributed by atoms with Crippen LogP contribution in [0.15, 0.2) is 18.2 Å². The SMILES string of the molecule is Clc1cccc2[nH][c]nc12. The summed E-state index contributed by atoms with van der Waals surface area (Å²) >= 11 is 5.80. The zero-order chi connectivity index (χ0) is 6.97. The number of para-hydroxylation sites is 1. The smallest absolute Gasteiger partial charge is 0.174 e. The van der Waals surface area contributed by atoms with Crippen molar-refractivity contribution in [2.24, 2.45) is 0 Å². The highest BCUT2D eigenvalue weighted by atomic mass is 35.5. The van der Waals surface area contributed by atoms with E-state index in [9.17, 15) is 0 Å². The quantitative estimate of drug-likeness (QED) is 0.613. The first kappa shape index (κ1) is 5.74. The summed E-state index contributed by atoms with van der Waals surface area (Å²) in [4.78, 5) is 6.75. The van der Waals surface area contributed by atoms with E-state index in [1.54, 1.807) is 6.07 Å². The fraction of sp³-hybridized carbons (Fsp3) is 0. The van der Waals surface area contributed by atoms with Crippen molar-refractivity contribution in [2.75, 3.05) is 0 Å². The van der Waals surface area contributed by atoms with Crippen LogP contribution < -0.4 is 0 Å². The van der Waals surface area contributed by atoms with Crippen LogP contribution >= 0.6 is 11.6 Å². The van der Waals surface area contributed by atoms with Crippen molar-refractivity contribution < 1.29 is 0 Å². The molecular formula is C7H4ClN2. The van der Waals surface area contributed by atoms with Gasteiger partial charge in [-0.05, 0) is 12.1 Å². The summed E-state index contributed by atoms with van der Waals surface area (Å²) in [5, 5.41) is 0.662. The first-order valence-electron chi connectivity index (χ1n) is 2.88. The highest BCUT2D eigenvalue weighted by Gasteiger charge is 1.97. The molecule has 0 fully saturated rings. The van der Waals surface area contributed by atoms with Crippen LogP contribution in [0.1, 0.15) is 0 Å². The number of halogens is 1. The van der Waals surface area contributed by atoms with Gasteiger partial charge in [0, 0.05) is 0 Å². The molecule has 0 spiro atoms. The van der Waals surface area contributed by atoms with Crippen LogP contribution in [0, 0.1) is 6.33 Å². The molecular weight excluding hydrogens is 148 g/mol. The van der Waals surface area contributed by atoms with E-state index in [0.717, 1.165) is 11.0 Å². The van der Waals surface area contributed by atoms with E-state index < -0.39 is 0 Å². The third-order valence-electron chi connectivity index (χ3n) is 1.35.